The third kappa shape index (κ3) is 5.13. The molecule has 0 heterocycles. The van der Waals surface area contributed by atoms with E-state index in [9.17, 15) is 9.90 Å². The maximum absolute atomic E-state index is 10.6. The second kappa shape index (κ2) is 7.41. The van der Waals surface area contributed by atoms with Crippen molar-refractivity contribution in [2.24, 2.45) is 0 Å². The number of ether oxygens (including phenoxy) is 1. The van der Waals surface area contributed by atoms with Crippen LogP contribution in [-0.2, 0) is 4.79 Å². The van der Waals surface area contributed by atoms with Crippen molar-refractivity contribution < 1.29 is 66.0 Å². The number of rotatable bonds is 4. The van der Waals surface area contributed by atoms with E-state index in [4.69, 9.17) is 4.74 Å². The largest absolute Gasteiger partial charge is 1.00 e. The quantitative estimate of drug-likeness (QED) is 0.559. The van der Waals surface area contributed by atoms with E-state index in [1.54, 1.807) is 19.1 Å². The molecule has 76 valence electrons. The second-order valence-electron chi connectivity index (χ2n) is 3.15. The summed E-state index contributed by atoms with van der Waals surface area (Å²) in [6.07, 6.45) is -0.464. The van der Waals surface area contributed by atoms with Gasteiger partial charge in [0, 0.05) is 0 Å². The summed E-state index contributed by atoms with van der Waals surface area (Å²) in [6, 6.07) is 7.25. The summed E-state index contributed by atoms with van der Waals surface area (Å²) < 4.78 is 5.22. The van der Waals surface area contributed by atoms with Gasteiger partial charge in [-0.05, 0) is 25.5 Å². The average molecular weight is 232 g/mol. The van der Waals surface area contributed by atoms with Crippen LogP contribution in [-0.4, -0.2) is 12.1 Å². The van der Waals surface area contributed by atoms with Crippen molar-refractivity contribution in [1.82, 2.24) is 0 Å². The summed E-state index contributed by atoms with van der Waals surface area (Å²) in [7, 11) is 0. The molecular weight excluding hydrogens is 219 g/mol. The van der Waals surface area contributed by atoms with Gasteiger partial charge < -0.3 is 14.6 Å². The number of carboxylic acid groups (broad SMARTS) is 1. The first kappa shape index (κ1) is 15.1. The Labute approximate surface area is 132 Å². The molecule has 0 amide bonds. The predicted molar refractivity (Wildman–Crippen MR) is 50.9 cm³/mol. The Morgan fingerprint density at radius 1 is 1.40 bits per heavy atom. The molecule has 0 saturated carbocycles. The molecule has 1 rings (SSSR count). The molecule has 1 unspecified atom stereocenters. The molecule has 0 aromatic heterocycles. The standard InChI is InChI=1S/C11H14O3.K/c1-3-10(11(12)13)14-9-6-4-8(2)5-7-9;/h4-7,10H,3H2,1-2H3,(H,12,13);/q;+1/p-1. The van der Waals surface area contributed by atoms with E-state index in [2.05, 4.69) is 0 Å². The number of carboxylic acids is 1. The molecular formula is C11H13KO3. The zero-order valence-electron chi connectivity index (χ0n) is 9.32. The van der Waals surface area contributed by atoms with Crippen LogP contribution in [0.2, 0.25) is 0 Å². The first-order valence-electron chi connectivity index (χ1n) is 4.57. The van der Waals surface area contributed by atoms with Crippen molar-refractivity contribution in [3.05, 3.63) is 29.8 Å². The Bertz CT molecular complexity index is 308. The number of carbonyl (C=O) groups is 1. The monoisotopic (exact) mass is 232 g/mol. The molecule has 3 nitrogen and oxygen atoms in total. The third-order valence-electron chi connectivity index (χ3n) is 1.93. The minimum atomic E-state index is -1.17. The van der Waals surface area contributed by atoms with Crippen LogP contribution < -0.4 is 61.2 Å². The fourth-order valence-corrected chi connectivity index (χ4v) is 1.08. The SMILES string of the molecule is CCC(Oc1ccc(C)cc1)C(=O)[O-].[K+]. The maximum Gasteiger partial charge on any atom is 1.00 e. The van der Waals surface area contributed by atoms with Gasteiger partial charge in [-0.3, -0.25) is 0 Å². The summed E-state index contributed by atoms with van der Waals surface area (Å²) in [4.78, 5) is 10.6. The molecule has 0 radical (unpaired) electrons. The van der Waals surface area contributed by atoms with Crippen molar-refractivity contribution in [2.75, 3.05) is 0 Å². The van der Waals surface area contributed by atoms with Crippen molar-refractivity contribution in [3.63, 3.8) is 0 Å². The molecule has 0 N–H and O–H groups in total. The van der Waals surface area contributed by atoms with Crippen molar-refractivity contribution in [1.29, 1.82) is 0 Å². The summed E-state index contributed by atoms with van der Waals surface area (Å²) in [5.74, 6) is -0.611. The van der Waals surface area contributed by atoms with E-state index in [-0.39, 0.29) is 51.4 Å². The van der Waals surface area contributed by atoms with Crippen LogP contribution in [0.1, 0.15) is 18.9 Å². The van der Waals surface area contributed by atoms with Gasteiger partial charge >= 0.3 is 51.4 Å². The molecule has 1 aromatic carbocycles. The van der Waals surface area contributed by atoms with Crippen LogP contribution in [0.25, 0.3) is 0 Å². The Hall–Kier alpha value is 0.126. The summed E-state index contributed by atoms with van der Waals surface area (Å²) in [5.41, 5.74) is 1.11. The average Bonchev–Trinajstić information content (AvgIpc) is 2.16. The Balaban J connectivity index is 0.00000196. The van der Waals surface area contributed by atoms with Crippen LogP contribution in [0.15, 0.2) is 24.3 Å². The van der Waals surface area contributed by atoms with E-state index >= 15 is 0 Å². The zero-order chi connectivity index (χ0) is 10.6. The van der Waals surface area contributed by atoms with Crippen LogP contribution in [0, 0.1) is 6.92 Å². The molecule has 0 aliphatic rings. The first-order valence-corrected chi connectivity index (χ1v) is 4.57. The van der Waals surface area contributed by atoms with Crippen molar-refractivity contribution >= 4 is 5.97 Å². The molecule has 0 aliphatic carbocycles. The molecule has 0 aliphatic heterocycles. The number of hydrogen-bond donors (Lipinski definition) is 0. The number of carbonyl (C=O) groups excluding carboxylic acids is 1. The van der Waals surface area contributed by atoms with Gasteiger partial charge in [0.25, 0.3) is 0 Å². The fraction of sp³-hybridized carbons (Fsp3) is 0.364. The molecule has 1 atom stereocenters. The van der Waals surface area contributed by atoms with Gasteiger partial charge in [0.15, 0.2) is 0 Å². The van der Waals surface area contributed by atoms with Gasteiger partial charge in [0.2, 0.25) is 0 Å². The van der Waals surface area contributed by atoms with Gasteiger partial charge in [-0.2, -0.15) is 0 Å². The van der Waals surface area contributed by atoms with E-state index in [0.717, 1.165) is 5.56 Å². The van der Waals surface area contributed by atoms with Crippen LogP contribution >= 0.6 is 0 Å². The Kier molecular flexibility index (Phi) is 7.47. The smallest absolute Gasteiger partial charge is 0.546 e. The van der Waals surface area contributed by atoms with Crippen LogP contribution in [0.5, 0.6) is 5.75 Å². The molecule has 0 saturated heterocycles. The maximum atomic E-state index is 10.6. The number of aryl methyl sites for hydroxylation is 1. The molecule has 15 heavy (non-hydrogen) atoms. The Morgan fingerprint density at radius 2 is 1.93 bits per heavy atom. The predicted octanol–water partition coefficient (Wildman–Crippen LogP) is -2.09. The molecule has 1 aromatic rings. The van der Waals surface area contributed by atoms with E-state index in [1.807, 2.05) is 19.1 Å². The molecule has 0 spiro atoms. The number of aliphatic carboxylic acids is 1. The van der Waals surface area contributed by atoms with Gasteiger partial charge in [0.05, 0.1) is 5.97 Å². The first-order chi connectivity index (χ1) is 6.63. The van der Waals surface area contributed by atoms with Crippen molar-refractivity contribution in [3.8, 4) is 5.75 Å². The van der Waals surface area contributed by atoms with E-state index in [1.165, 1.54) is 0 Å². The van der Waals surface area contributed by atoms with E-state index < -0.39 is 12.1 Å². The van der Waals surface area contributed by atoms with Crippen LogP contribution in [0.3, 0.4) is 0 Å². The van der Waals surface area contributed by atoms with E-state index in [0.29, 0.717) is 12.2 Å². The minimum Gasteiger partial charge on any atom is -0.546 e. The van der Waals surface area contributed by atoms with Gasteiger partial charge in [-0.25, -0.2) is 0 Å². The van der Waals surface area contributed by atoms with Gasteiger partial charge in [0.1, 0.15) is 11.9 Å². The van der Waals surface area contributed by atoms with Gasteiger partial charge in [-0.15, -0.1) is 0 Å². The second-order valence-corrected chi connectivity index (χ2v) is 3.15. The van der Waals surface area contributed by atoms with Crippen LogP contribution in [0.4, 0.5) is 0 Å². The van der Waals surface area contributed by atoms with Crippen molar-refractivity contribution in [2.45, 2.75) is 26.4 Å². The summed E-state index contributed by atoms with van der Waals surface area (Å²) in [6.45, 7) is 3.70. The number of hydrogen-bond acceptors (Lipinski definition) is 3. The third-order valence-corrected chi connectivity index (χ3v) is 1.93. The molecule has 0 bridgehead atoms. The summed E-state index contributed by atoms with van der Waals surface area (Å²) >= 11 is 0. The molecule has 0 fully saturated rings. The summed E-state index contributed by atoms with van der Waals surface area (Å²) in [5, 5.41) is 10.6. The molecule has 4 heteroatoms. The Morgan fingerprint density at radius 3 is 2.33 bits per heavy atom. The van der Waals surface area contributed by atoms with Gasteiger partial charge in [-0.1, -0.05) is 24.6 Å². The number of benzene rings is 1. The fourth-order valence-electron chi connectivity index (χ4n) is 1.08. The zero-order valence-corrected chi connectivity index (χ0v) is 12.4. The normalized spacial score (nSPS) is 11.3. The minimum absolute atomic E-state index is 0. The topological polar surface area (TPSA) is 49.4 Å².